The quantitative estimate of drug-likeness (QED) is 0.312. The van der Waals surface area contributed by atoms with Crippen LogP contribution in [-0.2, 0) is 13.1 Å². The number of nitrogens with one attached hydrogen (secondary N) is 1. The van der Waals surface area contributed by atoms with Gasteiger partial charge in [-0.05, 0) is 36.5 Å². The number of nitrogens with two attached hydrogens (primary N) is 1. The van der Waals surface area contributed by atoms with Gasteiger partial charge in [-0.15, -0.1) is 24.0 Å². The molecule has 1 aromatic heterocycles. The minimum Gasteiger partial charge on any atom is -0.370 e. The van der Waals surface area contributed by atoms with Crippen LogP contribution in [0.5, 0.6) is 0 Å². The Morgan fingerprint density at radius 2 is 1.75 bits per heavy atom. The van der Waals surface area contributed by atoms with Crippen LogP contribution in [0, 0.1) is 5.92 Å². The molecular formula is C22H33IN4O. The molecule has 0 saturated carbocycles. The summed E-state index contributed by atoms with van der Waals surface area (Å²) < 4.78 is 1.69. The lowest BCUT2D eigenvalue weighted by atomic mass is 10.0. The normalized spacial score (nSPS) is 12.5. The largest absolute Gasteiger partial charge is 0.370 e. The maximum atomic E-state index is 11.8. The summed E-state index contributed by atoms with van der Waals surface area (Å²) in [7, 11) is 0. The minimum atomic E-state index is 0. The second-order valence-electron chi connectivity index (χ2n) is 7.55. The molecule has 0 saturated heterocycles. The summed E-state index contributed by atoms with van der Waals surface area (Å²) in [5.74, 6) is 1.23. The van der Waals surface area contributed by atoms with Crippen LogP contribution in [0.3, 0.4) is 0 Å². The first-order valence-electron chi connectivity index (χ1n) is 9.74. The van der Waals surface area contributed by atoms with Crippen molar-refractivity contribution in [1.29, 1.82) is 0 Å². The lowest BCUT2D eigenvalue weighted by molar-refractivity contribution is 0.493. The summed E-state index contributed by atoms with van der Waals surface area (Å²) in [6.45, 7) is 7.75. The number of hydrogen-bond donors (Lipinski definition) is 2. The van der Waals surface area contributed by atoms with Crippen molar-refractivity contribution < 1.29 is 0 Å². The number of hydrogen-bond acceptors (Lipinski definition) is 2. The Kier molecular flexibility index (Phi) is 10.9. The van der Waals surface area contributed by atoms with Gasteiger partial charge in [0.25, 0.3) is 5.56 Å². The number of pyridine rings is 1. The molecule has 0 fully saturated rings. The first kappa shape index (κ1) is 24.2. The monoisotopic (exact) mass is 496 g/mol. The highest BCUT2D eigenvalue weighted by Crippen LogP contribution is 2.09. The molecule has 5 nitrogen and oxygen atoms in total. The van der Waals surface area contributed by atoms with Crippen molar-refractivity contribution in [3.8, 4) is 0 Å². The van der Waals surface area contributed by atoms with Gasteiger partial charge in [0.2, 0.25) is 0 Å². The molecule has 0 bridgehead atoms. The standard InChI is InChI=1S/C22H32N4O.HI/c1-17(2)7-6-8-18(3)25-22(23)24-15-19-10-12-20(13-11-19)16-26-14-5-4-9-21(26)27;/h4-5,9-14,17-18H,6-8,15-16H2,1-3H3,(H3,23,24,25);1H. The Bertz CT molecular complexity index is 784. The number of aromatic nitrogens is 1. The smallest absolute Gasteiger partial charge is 0.250 e. The number of halogens is 1. The molecule has 0 amide bonds. The number of guanidine groups is 1. The van der Waals surface area contributed by atoms with E-state index in [1.165, 1.54) is 12.8 Å². The summed E-state index contributed by atoms with van der Waals surface area (Å²) in [5.41, 5.74) is 8.19. The highest BCUT2D eigenvalue weighted by Gasteiger charge is 2.04. The van der Waals surface area contributed by atoms with Gasteiger partial charge in [0.15, 0.2) is 5.96 Å². The summed E-state index contributed by atoms with van der Waals surface area (Å²) in [5, 5.41) is 3.26. The lowest BCUT2D eigenvalue weighted by Crippen LogP contribution is -2.38. The van der Waals surface area contributed by atoms with E-state index in [0.29, 0.717) is 25.1 Å². The number of benzene rings is 1. The van der Waals surface area contributed by atoms with Crippen molar-refractivity contribution in [2.24, 2.45) is 16.6 Å². The van der Waals surface area contributed by atoms with E-state index in [2.05, 4.69) is 31.1 Å². The van der Waals surface area contributed by atoms with Gasteiger partial charge in [-0.2, -0.15) is 0 Å². The molecule has 0 radical (unpaired) electrons. The Labute approximate surface area is 185 Å². The number of nitrogens with zero attached hydrogens (tertiary/aromatic N) is 2. The van der Waals surface area contributed by atoms with Crippen LogP contribution >= 0.6 is 24.0 Å². The Hall–Kier alpha value is -1.83. The highest BCUT2D eigenvalue weighted by atomic mass is 127. The topological polar surface area (TPSA) is 72.4 Å². The molecule has 1 atom stereocenters. The summed E-state index contributed by atoms with van der Waals surface area (Å²) >= 11 is 0. The second kappa shape index (κ2) is 12.6. The van der Waals surface area contributed by atoms with E-state index in [1.54, 1.807) is 22.9 Å². The van der Waals surface area contributed by atoms with Crippen molar-refractivity contribution in [3.05, 3.63) is 70.1 Å². The molecule has 3 N–H and O–H groups in total. The minimum absolute atomic E-state index is 0. The van der Waals surface area contributed by atoms with Gasteiger partial charge in [-0.25, -0.2) is 4.99 Å². The maximum absolute atomic E-state index is 11.8. The number of aliphatic imine (C=N–C) groups is 1. The van der Waals surface area contributed by atoms with Gasteiger partial charge < -0.3 is 15.6 Å². The maximum Gasteiger partial charge on any atom is 0.250 e. The van der Waals surface area contributed by atoms with E-state index >= 15 is 0 Å². The molecule has 0 aliphatic heterocycles. The average Bonchev–Trinajstić information content (AvgIpc) is 2.62. The molecule has 28 heavy (non-hydrogen) atoms. The zero-order chi connectivity index (χ0) is 19.6. The van der Waals surface area contributed by atoms with Crippen LogP contribution in [0.1, 0.15) is 51.2 Å². The van der Waals surface area contributed by atoms with E-state index in [4.69, 9.17) is 5.73 Å². The van der Waals surface area contributed by atoms with E-state index in [-0.39, 0.29) is 29.5 Å². The third-order valence-corrected chi connectivity index (χ3v) is 4.52. The molecule has 0 spiro atoms. The molecule has 0 aliphatic rings. The van der Waals surface area contributed by atoms with E-state index in [1.807, 2.05) is 30.3 Å². The van der Waals surface area contributed by atoms with Gasteiger partial charge in [-0.1, -0.05) is 57.0 Å². The Morgan fingerprint density at radius 3 is 2.39 bits per heavy atom. The van der Waals surface area contributed by atoms with E-state index in [0.717, 1.165) is 23.5 Å². The fourth-order valence-electron chi connectivity index (χ4n) is 2.92. The fraction of sp³-hybridized carbons (Fsp3) is 0.455. The Morgan fingerprint density at radius 1 is 1.07 bits per heavy atom. The molecule has 2 aromatic rings. The summed E-state index contributed by atoms with van der Waals surface area (Å²) in [4.78, 5) is 16.2. The average molecular weight is 496 g/mol. The van der Waals surface area contributed by atoms with Crippen molar-refractivity contribution in [2.75, 3.05) is 0 Å². The molecule has 6 heteroatoms. The summed E-state index contributed by atoms with van der Waals surface area (Å²) in [6.07, 6.45) is 5.34. The van der Waals surface area contributed by atoms with Gasteiger partial charge >= 0.3 is 0 Å². The lowest BCUT2D eigenvalue weighted by Gasteiger charge is -2.15. The zero-order valence-corrected chi connectivity index (χ0v) is 19.4. The van der Waals surface area contributed by atoms with Crippen molar-refractivity contribution >= 4 is 29.9 Å². The third-order valence-electron chi connectivity index (χ3n) is 4.52. The van der Waals surface area contributed by atoms with Crippen LogP contribution in [0.4, 0.5) is 0 Å². The third kappa shape index (κ3) is 8.91. The predicted molar refractivity (Wildman–Crippen MR) is 128 cm³/mol. The van der Waals surface area contributed by atoms with Crippen molar-refractivity contribution in [2.45, 2.75) is 59.2 Å². The van der Waals surface area contributed by atoms with Crippen LogP contribution in [0.25, 0.3) is 0 Å². The first-order chi connectivity index (χ1) is 12.9. The molecule has 1 unspecified atom stereocenters. The second-order valence-corrected chi connectivity index (χ2v) is 7.55. The molecular weight excluding hydrogens is 463 g/mol. The van der Waals surface area contributed by atoms with E-state index in [9.17, 15) is 4.79 Å². The molecule has 154 valence electrons. The van der Waals surface area contributed by atoms with Crippen LogP contribution in [0.15, 0.2) is 58.4 Å². The van der Waals surface area contributed by atoms with Crippen LogP contribution in [0.2, 0.25) is 0 Å². The van der Waals surface area contributed by atoms with Crippen LogP contribution in [-0.4, -0.2) is 16.6 Å². The highest BCUT2D eigenvalue weighted by molar-refractivity contribution is 14.0. The zero-order valence-electron chi connectivity index (χ0n) is 17.1. The van der Waals surface area contributed by atoms with Gasteiger partial charge in [0.1, 0.15) is 0 Å². The number of rotatable bonds is 9. The first-order valence-corrected chi connectivity index (χ1v) is 9.74. The predicted octanol–water partition coefficient (Wildman–Crippen LogP) is 4.13. The van der Waals surface area contributed by atoms with E-state index < -0.39 is 0 Å². The van der Waals surface area contributed by atoms with Crippen LogP contribution < -0.4 is 16.6 Å². The molecule has 1 aromatic carbocycles. The van der Waals surface area contributed by atoms with Crippen molar-refractivity contribution in [3.63, 3.8) is 0 Å². The fourth-order valence-corrected chi connectivity index (χ4v) is 2.92. The SMILES string of the molecule is CC(C)CCCC(C)NC(N)=NCc1ccc(Cn2ccccc2=O)cc1.I. The van der Waals surface area contributed by atoms with Crippen molar-refractivity contribution in [1.82, 2.24) is 9.88 Å². The molecule has 2 rings (SSSR count). The Balaban J connectivity index is 0.00000392. The van der Waals surface area contributed by atoms with Gasteiger partial charge in [0, 0.05) is 18.3 Å². The molecule has 0 aliphatic carbocycles. The summed E-state index contributed by atoms with van der Waals surface area (Å²) in [6, 6.07) is 13.7. The van der Waals surface area contributed by atoms with Gasteiger partial charge in [0.05, 0.1) is 13.1 Å². The molecule has 1 heterocycles. The van der Waals surface area contributed by atoms with Gasteiger partial charge in [-0.3, -0.25) is 4.79 Å².